The molecule has 0 bridgehead atoms. The molecule has 1 atom stereocenters. The lowest BCUT2D eigenvalue weighted by Crippen LogP contribution is -2.47. The summed E-state index contributed by atoms with van der Waals surface area (Å²) in [5.74, 6) is -1.02. The zero-order valence-electron chi connectivity index (χ0n) is 23.7. The van der Waals surface area contributed by atoms with Crippen LogP contribution in [0.2, 0.25) is 0 Å². The summed E-state index contributed by atoms with van der Waals surface area (Å²) in [4.78, 5) is 38.3. The van der Waals surface area contributed by atoms with Gasteiger partial charge < -0.3 is 10.1 Å². The largest absolute Gasteiger partial charge is 0.478 e. The molecule has 2 aliphatic rings. The first-order valence-electron chi connectivity index (χ1n) is 13.9. The third kappa shape index (κ3) is 5.03. The summed E-state index contributed by atoms with van der Waals surface area (Å²) in [6.45, 7) is 4.29. The number of fused-ring (bicyclic) bond motifs is 3. The second-order valence-electron chi connectivity index (χ2n) is 11.2. The van der Waals surface area contributed by atoms with Gasteiger partial charge in [0.05, 0.1) is 28.7 Å². The molecule has 10 nitrogen and oxygen atoms in total. The zero-order valence-corrected chi connectivity index (χ0v) is 24.6. The summed E-state index contributed by atoms with van der Waals surface area (Å²) in [5.41, 5.74) is 6.28. The van der Waals surface area contributed by atoms with E-state index in [2.05, 4.69) is 45.2 Å². The van der Waals surface area contributed by atoms with E-state index < -0.39 is 15.8 Å². The number of carbonyl (C=O) groups excluding carboxylic acids is 1. The summed E-state index contributed by atoms with van der Waals surface area (Å²) >= 11 is 0. The molecule has 0 aliphatic carbocycles. The number of aromatic nitrogens is 2. The summed E-state index contributed by atoms with van der Waals surface area (Å²) in [6.07, 6.45) is 4.39. The number of hydrogen-bond acceptors (Lipinski definition) is 6. The Morgan fingerprint density at radius 1 is 1.07 bits per heavy atom. The highest BCUT2D eigenvalue weighted by atomic mass is 32.2. The van der Waals surface area contributed by atoms with Crippen LogP contribution in [0.4, 0.5) is 16.2 Å². The Kier molecular flexibility index (Phi) is 7.02. The Balaban J connectivity index is 1.25. The molecule has 1 saturated heterocycles. The standard InChI is InChI=1S/C31H33N5O5S/c1-19-28-25-16-26(21-6-4-20(5-7-21)18-35-14-12-24(13-15-35)42(3,40)41)33-29(25)32-17-27(28)34(2)31(39)36(19)23-10-8-22(9-11-23)30(37)38/h4-11,16-17,19,24H,12-15,18H2,1-3H3,(H,32,33)(H,37,38). The minimum atomic E-state index is -2.98. The van der Waals surface area contributed by atoms with Crippen LogP contribution in [-0.4, -0.2) is 72.0 Å². The van der Waals surface area contributed by atoms with E-state index >= 15 is 0 Å². The number of urea groups is 1. The highest BCUT2D eigenvalue weighted by Gasteiger charge is 2.36. The maximum absolute atomic E-state index is 13.4. The number of H-pyrrole nitrogens is 1. The quantitative estimate of drug-likeness (QED) is 0.322. The van der Waals surface area contributed by atoms with Gasteiger partial charge in [-0.1, -0.05) is 24.3 Å². The fraction of sp³-hybridized carbons (Fsp3) is 0.323. The molecule has 11 heteroatoms. The lowest BCUT2D eigenvalue weighted by molar-refractivity contribution is 0.0697. The number of aromatic amines is 1. The van der Waals surface area contributed by atoms with Crippen molar-refractivity contribution in [1.29, 1.82) is 0 Å². The normalized spacial score (nSPS) is 18.5. The number of carboxylic acid groups (broad SMARTS) is 1. The first-order valence-corrected chi connectivity index (χ1v) is 15.9. The van der Waals surface area contributed by atoms with Crippen LogP contribution in [0.1, 0.15) is 47.3 Å². The monoisotopic (exact) mass is 587 g/mol. The average Bonchev–Trinajstić information content (AvgIpc) is 3.41. The number of nitrogens with zero attached hydrogens (tertiary/aromatic N) is 4. The minimum Gasteiger partial charge on any atom is -0.478 e. The second-order valence-corrected chi connectivity index (χ2v) is 13.6. The van der Waals surface area contributed by atoms with Gasteiger partial charge in [-0.25, -0.2) is 23.0 Å². The van der Waals surface area contributed by atoms with Gasteiger partial charge in [-0.15, -0.1) is 0 Å². The molecule has 1 fully saturated rings. The average molecular weight is 588 g/mol. The number of carboxylic acids is 1. The number of hydrogen-bond donors (Lipinski definition) is 2. The molecule has 0 spiro atoms. The van der Waals surface area contributed by atoms with Crippen molar-refractivity contribution in [2.75, 3.05) is 36.2 Å². The van der Waals surface area contributed by atoms with Crippen LogP contribution in [0.15, 0.2) is 60.8 Å². The van der Waals surface area contributed by atoms with E-state index in [1.54, 1.807) is 35.2 Å². The van der Waals surface area contributed by atoms with E-state index in [-0.39, 0.29) is 22.9 Å². The molecular weight excluding hydrogens is 554 g/mol. The number of rotatable bonds is 6. The first-order chi connectivity index (χ1) is 20.0. The maximum atomic E-state index is 13.4. The number of carbonyl (C=O) groups is 2. The fourth-order valence-corrected chi connectivity index (χ4v) is 7.21. The van der Waals surface area contributed by atoms with Crippen LogP contribution in [-0.2, 0) is 16.4 Å². The number of sulfone groups is 1. The van der Waals surface area contributed by atoms with E-state index in [1.807, 2.05) is 6.92 Å². The van der Waals surface area contributed by atoms with Crippen molar-refractivity contribution in [3.05, 3.63) is 77.5 Å². The molecule has 2 aromatic heterocycles. The van der Waals surface area contributed by atoms with E-state index in [0.717, 1.165) is 53.2 Å². The molecule has 1 unspecified atom stereocenters. The number of amides is 2. The third-order valence-electron chi connectivity index (χ3n) is 8.54. The number of pyridine rings is 1. The van der Waals surface area contributed by atoms with Crippen LogP contribution in [0, 0.1) is 0 Å². The third-order valence-corrected chi connectivity index (χ3v) is 10.2. The van der Waals surface area contributed by atoms with Gasteiger partial charge in [-0.2, -0.15) is 0 Å². The van der Waals surface area contributed by atoms with Gasteiger partial charge in [0.1, 0.15) is 15.5 Å². The number of aromatic carboxylic acids is 1. The van der Waals surface area contributed by atoms with Gasteiger partial charge >= 0.3 is 12.0 Å². The van der Waals surface area contributed by atoms with Gasteiger partial charge in [0.25, 0.3) is 0 Å². The van der Waals surface area contributed by atoms with Crippen molar-refractivity contribution in [2.24, 2.45) is 0 Å². The molecule has 2 aromatic carbocycles. The Bertz CT molecular complexity index is 1770. The van der Waals surface area contributed by atoms with Gasteiger partial charge in [0.2, 0.25) is 0 Å². The molecule has 6 rings (SSSR count). The first kappa shape index (κ1) is 27.9. The van der Waals surface area contributed by atoms with E-state index in [0.29, 0.717) is 18.5 Å². The Morgan fingerprint density at radius 2 is 1.74 bits per heavy atom. The molecule has 218 valence electrons. The summed E-state index contributed by atoms with van der Waals surface area (Å²) in [7, 11) is -1.27. The van der Waals surface area contributed by atoms with Gasteiger partial charge in [-0.05, 0) is 74.3 Å². The SMILES string of the molecule is CC1c2c(cnc3[nH]c(-c4ccc(CN5CCC(S(C)(=O)=O)CC5)cc4)cc23)N(C)C(=O)N1c1ccc(C(=O)O)cc1. The maximum Gasteiger partial charge on any atom is 0.335 e. The van der Waals surface area contributed by atoms with Crippen LogP contribution >= 0.6 is 0 Å². The number of piperidine rings is 1. The van der Waals surface area contributed by atoms with Crippen molar-refractivity contribution < 1.29 is 23.1 Å². The molecule has 2 N–H and O–H groups in total. The van der Waals surface area contributed by atoms with Crippen molar-refractivity contribution in [3.63, 3.8) is 0 Å². The van der Waals surface area contributed by atoms with E-state index in [9.17, 15) is 23.1 Å². The molecule has 2 amide bonds. The van der Waals surface area contributed by atoms with Crippen molar-refractivity contribution in [2.45, 2.75) is 37.6 Å². The molecule has 0 radical (unpaired) electrons. The molecule has 4 heterocycles. The van der Waals surface area contributed by atoms with E-state index in [1.165, 1.54) is 24.0 Å². The summed E-state index contributed by atoms with van der Waals surface area (Å²) in [5, 5.41) is 9.96. The Labute approximate surface area is 244 Å². The number of benzene rings is 2. The van der Waals surface area contributed by atoms with Crippen LogP contribution in [0.5, 0.6) is 0 Å². The van der Waals surface area contributed by atoms with Crippen molar-refractivity contribution >= 4 is 44.2 Å². The highest BCUT2D eigenvalue weighted by Crippen LogP contribution is 2.42. The molecule has 2 aliphatic heterocycles. The lowest BCUT2D eigenvalue weighted by Gasteiger charge is -2.40. The van der Waals surface area contributed by atoms with Gasteiger partial charge in [0.15, 0.2) is 0 Å². The predicted molar refractivity (Wildman–Crippen MR) is 163 cm³/mol. The summed E-state index contributed by atoms with van der Waals surface area (Å²) in [6, 6.07) is 16.2. The molecule has 42 heavy (non-hydrogen) atoms. The van der Waals surface area contributed by atoms with Gasteiger partial charge in [-0.3, -0.25) is 14.7 Å². The molecule has 4 aromatic rings. The van der Waals surface area contributed by atoms with Crippen LogP contribution < -0.4 is 9.80 Å². The van der Waals surface area contributed by atoms with Gasteiger partial charge in [0, 0.05) is 42.2 Å². The zero-order chi connectivity index (χ0) is 29.8. The summed E-state index contributed by atoms with van der Waals surface area (Å²) < 4.78 is 23.7. The lowest BCUT2D eigenvalue weighted by atomic mass is 9.98. The number of nitrogens with one attached hydrogen (secondary N) is 1. The Hall–Kier alpha value is -4.22. The van der Waals surface area contributed by atoms with Crippen LogP contribution in [0.25, 0.3) is 22.3 Å². The Morgan fingerprint density at radius 3 is 2.36 bits per heavy atom. The molecule has 0 saturated carbocycles. The van der Waals surface area contributed by atoms with Crippen molar-refractivity contribution in [1.82, 2.24) is 14.9 Å². The predicted octanol–water partition coefficient (Wildman–Crippen LogP) is 5.07. The smallest absolute Gasteiger partial charge is 0.335 e. The fourth-order valence-electron chi connectivity index (χ4n) is 6.15. The van der Waals surface area contributed by atoms with Crippen molar-refractivity contribution in [3.8, 4) is 11.3 Å². The second kappa shape index (κ2) is 10.6. The number of likely N-dealkylation sites (tertiary alicyclic amines) is 1. The van der Waals surface area contributed by atoms with E-state index in [4.69, 9.17) is 0 Å². The topological polar surface area (TPSA) is 127 Å². The molecular formula is C31H33N5O5S. The number of anilines is 2. The van der Waals surface area contributed by atoms with Crippen LogP contribution in [0.3, 0.4) is 0 Å². The highest BCUT2D eigenvalue weighted by molar-refractivity contribution is 7.91. The minimum absolute atomic E-state index is 0.161.